The van der Waals surface area contributed by atoms with Crippen LogP contribution < -0.4 is 10.9 Å². The van der Waals surface area contributed by atoms with Crippen LogP contribution in [0.2, 0.25) is 0 Å². The van der Waals surface area contributed by atoms with Crippen molar-refractivity contribution >= 4 is 11.6 Å². The van der Waals surface area contributed by atoms with E-state index in [-0.39, 0.29) is 23.1 Å². The summed E-state index contributed by atoms with van der Waals surface area (Å²) in [6, 6.07) is 5.20. The second kappa shape index (κ2) is 6.89. The number of amides is 1. The lowest BCUT2D eigenvalue weighted by Gasteiger charge is -2.29. The summed E-state index contributed by atoms with van der Waals surface area (Å²) < 4.78 is 6.68. The first kappa shape index (κ1) is 15.6. The topological polar surface area (TPSA) is 75.9 Å². The van der Waals surface area contributed by atoms with E-state index in [9.17, 15) is 9.59 Å². The van der Waals surface area contributed by atoms with Gasteiger partial charge in [-0.25, -0.2) is 4.98 Å². The molecule has 23 heavy (non-hydrogen) atoms. The monoisotopic (exact) mass is 316 g/mol. The van der Waals surface area contributed by atoms with Gasteiger partial charge in [0.05, 0.1) is 13.2 Å². The van der Waals surface area contributed by atoms with Gasteiger partial charge in [0.1, 0.15) is 11.2 Å². The highest BCUT2D eigenvalue weighted by Crippen LogP contribution is 2.01. The predicted molar refractivity (Wildman–Crippen MR) is 85.6 cm³/mol. The van der Waals surface area contributed by atoms with Gasteiger partial charge in [-0.2, -0.15) is 0 Å². The van der Waals surface area contributed by atoms with E-state index >= 15 is 0 Å². The number of pyridine rings is 1. The smallest absolute Gasteiger partial charge is 0.270 e. The van der Waals surface area contributed by atoms with Crippen molar-refractivity contribution in [2.45, 2.75) is 13.0 Å². The zero-order valence-corrected chi connectivity index (χ0v) is 13.1. The molecule has 1 atom stereocenters. The molecule has 0 unspecified atom stereocenters. The number of fused-ring (bicyclic) bond motifs is 1. The maximum Gasteiger partial charge on any atom is 0.270 e. The summed E-state index contributed by atoms with van der Waals surface area (Å²) in [5, 5.41) is 2.87. The zero-order valence-electron chi connectivity index (χ0n) is 13.1. The normalized spacial score (nSPS) is 17.1. The number of nitrogens with one attached hydrogen (secondary N) is 1. The third kappa shape index (κ3) is 3.57. The molecule has 2 aromatic rings. The molecule has 3 heterocycles. The van der Waals surface area contributed by atoms with Gasteiger partial charge in [0.15, 0.2) is 0 Å². The van der Waals surface area contributed by atoms with Crippen molar-refractivity contribution < 1.29 is 9.53 Å². The zero-order chi connectivity index (χ0) is 16.2. The Balaban J connectivity index is 1.70. The first-order chi connectivity index (χ1) is 11.1. The van der Waals surface area contributed by atoms with Crippen molar-refractivity contribution in [3.8, 4) is 0 Å². The minimum atomic E-state index is -0.387. The number of hydrogen-bond acceptors (Lipinski definition) is 5. The maximum absolute atomic E-state index is 12.4. The van der Waals surface area contributed by atoms with E-state index in [1.165, 1.54) is 10.6 Å². The summed E-state index contributed by atoms with van der Waals surface area (Å²) in [4.78, 5) is 31.1. The van der Waals surface area contributed by atoms with Crippen LogP contribution >= 0.6 is 0 Å². The van der Waals surface area contributed by atoms with Crippen LogP contribution in [-0.2, 0) is 4.74 Å². The van der Waals surface area contributed by atoms with E-state index in [0.29, 0.717) is 5.65 Å². The number of rotatable bonds is 4. The van der Waals surface area contributed by atoms with E-state index in [0.717, 1.165) is 32.8 Å². The Morgan fingerprint density at radius 3 is 2.96 bits per heavy atom. The molecular formula is C16H20N4O3. The molecule has 0 aliphatic carbocycles. The molecule has 1 N–H and O–H groups in total. The molecule has 2 aromatic heterocycles. The molecule has 7 nitrogen and oxygen atoms in total. The van der Waals surface area contributed by atoms with Gasteiger partial charge in [-0.3, -0.25) is 18.9 Å². The first-order valence-corrected chi connectivity index (χ1v) is 7.72. The maximum atomic E-state index is 12.4. The molecule has 0 saturated carbocycles. The van der Waals surface area contributed by atoms with Gasteiger partial charge in [-0.1, -0.05) is 6.07 Å². The second-order valence-corrected chi connectivity index (χ2v) is 5.69. The fourth-order valence-electron chi connectivity index (χ4n) is 2.70. The molecule has 1 amide bonds. The molecule has 0 radical (unpaired) electrons. The molecule has 7 heteroatoms. The molecule has 0 bridgehead atoms. The third-order valence-corrected chi connectivity index (χ3v) is 3.87. The van der Waals surface area contributed by atoms with Crippen molar-refractivity contribution in [3.05, 3.63) is 46.5 Å². The van der Waals surface area contributed by atoms with E-state index in [2.05, 4.69) is 15.2 Å². The van der Waals surface area contributed by atoms with Crippen molar-refractivity contribution in [2.24, 2.45) is 0 Å². The summed E-state index contributed by atoms with van der Waals surface area (Å²) in [6.07, 6.45) is 2.95. The molecular weight excluding hydrogens is 296 g/mol. The fourth-order valence-corrected chi connectivity index (χ4v) is 2.70. The number of ether oxygens (including phenoxy) is 1. The molecule has 0 spiro atoms. The molecule has 0 aromatic carbocycles. The summed E-state index contributed by atoms with van der Waals surface area (Å²) in [6.45, 7) is 5.82. The SMILES string of the molecule is C[C@@H](CN1CCOCC1)NC(=O)c1cnc2ccccn2c1=O. The summed E-state index contributed by atoms with van der Waals surface area (Å²) in [5.74, 6) is -0.387. The minimum Gasteiger partial charge on any atom is -0.379 e. The number of hydrogen-bond donors (Lipinski definition) is 1. The number of morpholine rings is 1. The average molecular weight is 316 g/mol. The van der Waals surface area contributed by atoms with Crippen molar-refractivity contribution in [3.63, 3.8) is 0 Å². The van der Waals surface area contributed by atoms with Crippen LogP contribution in [0, 0.1) is 0 Å². The summed E-state index contributed by atoms with van der Waals surface area (Å²) >= 11 is 0. The highest BCUT2D eigenvalue weighted by Gasteiger charge is 2.18. The average Bonchev–Trinajstić information content (AvgIpc) is 2.56. The molecule has 1 fully saturated rings. The first-order valence-electron chi connectivity index (χ1n) is 7.72. The fraction of sp³-hybridized carbons (Fsp3) is 0.438. The highest BCUT2D eigenvalue weighted by atomic mass is 16.5. The Bertz CT molecular complexity index is 752. The molecule has 3 rings (SSSR count). The van der Waals surface area contributed by atoms with E-state index in [1.54, 1.807) is 24.4 Å². The third-order valence-electron chi connectivity index (χ3n) is 3.87. The predicted octanol–water partition coefficient (Wildman–Crippen LogP) is 0.145. The van der Waals surface area contributed by atoms with Crippen molar-refractivity contribution in [2.75, 3.05) is 32.8 Å². The van der Waals surface area contributed by atoms with Crippen LogP contribution in [0.1, 0.15) is 17.3 Å². The Labute approximate surface area is 133 Å². The molecule has 1 aliphatic heterocycles. The van der Waals surface area contributed by atoms with E-state index < -0.39 is 0 Å². The van der Waals surface area contributed by atoms with Crippen LogP contribution in [-0.4, -0.2) is 59.1 Å². The Morgan fingerprint density at radius 1 is 1.39 bits per heavy atom. The van der Waals surface area contributed by atoms with Gasteiger partial charge in [-0.15, -0.1) is 0 Å². The molecule has 1 saturated heterocycles. The Kier molecular flexibility index (Phi) is 4.68. The number of aromatic nitrogens is 2. The summed E-state index contributed by atoms with van der Waals surface area (Å²) in [5.41, 5.74) is 0.226. The largest absolute Gasteiger partial charge is 0.379 e. The van der Waals surface area contributed by atoms with E-state index in [4.69, 9.17) is 4.74 Å². The van der Waals surface area contributed by atoms with Gasteiger partial charge in [0.25, 0.3) is 11.5 Å². The highest BCUT2D eigenvalue weighted by molar-refractivity contribution is 5.93. The lowest BCUT2D eigenvalue weighted by Crippen LogP contribution is -2.46. The van der Waals surface area contributed by atoms with Crippen LogP contribution in [0.25, 0.3) is 5.65 Å². The number of nitrogens with zero attached hydrogens (tertiary/aromatic N) is 3. The lowest BCUT2D eigenvalue weighted by atomic mass is 10.2. The van der Waals surface area contributed by atoms with Crippen LogP contribution in [0.4, 0.5) is 0 Å². The van der Waals surface area contributed by atoms with Crippen molar-refractivity contribution in [1.29, 1.82) is 0 Å². The number of carbonyl (C=O) groups excluding carboxylic acids is 1. The molecule has 122 valence electrons. The van der Waals surface area contributed by atoms with Crippen LogP contribution in [0.15, 0.2) is 35.4 Å². The second-order valence-electron chi connectivity index (χ2n) is 5.69. The van der Waals surface area contributed by atoms with Gasteiger partial charge >= 0.3 is 0 Å². The Hall–Kier alpha value is -2.25. The van der Waals surface area contributed by atoms with Gasteiger partial charge in [0.2, 0.25) is 0 Å². The van der Waals surface area contributed by atoms with Crippen LogP contribution in [0.5, 0.6) is 0 Å². The van der Waals surface area contributed by atoms with Gasteiger partial charge < -0.3 is 10.1 Å². The standard InChI is InChI=1S/C16H20N4O3/c1-12(11-19-6-8-23-9-7-19)18-15(21)13-10-17-14-4-2-3-5-20(14)16(13)22/h2-5,10,12H,6-9,11H2,1H3,(H,18,21)/t12-/m0/s1. The van der Waals surface area contributed by atoms with Crippen molar-refractivity contribution in [1.82, 2.24) is 19.6 Å². The summed E-state index contributed by atoms with van der Waals surface area (Å²) in [7, 11) is 0. The Morgan fingerprint density at radius 2 is 2.17 bits per heavy atom. The van der Waals surface area contributed by atoms with Gasteiger partial charge in [0, 0.05) is 38.1 Å². The lowest BCUT2D eigenvalue weighted by molar-refractivity contribution is 0.0342. The quantitative estimate of drug-likeness (QED) is 0.869. The van der Waals surface area contributed by atoms with Gasteiger partial charge in [-0.05, 0) is 19.1 Å². The van der Waals surface area contributed by atoms with Crippen LogP contribution in [0.3, 0.4) is 0 Å². The van der Waals surface area contributed by atoms with E-state index in [1.807, 2.05) is 6.92 Å². The number of carbonyl (C=O) groups is 1. The molecule has 1 aliphatic rings. The minimum absolute atomic E-state index is 0.0579.